The van der Waals surface area contributed by atoms with Crippen molar-refractivity contribution in [3.05, 3.63) is 89.8 Å². The summed E-state index contributed by atoms with van der Waals surface area (Å²) in [5.74, 6) is -5.74. The van der Waals surface area contributed by atoms with Crippen LogP contribution in [0.25, 0.3) is 22.3 Å². The Morgan fingerprint density at radius 1 is 0.900 bits per heavy atom. The number of aryl methyl sites for hydroxylation is 1. The van der Waals surface area contributed by atoms with E-state index >= 15 is 0 Å². The molecule has 0 aromatic heterocycles. The molecule has 40 heavy (non-hydrogen) atoms. The Balaban J connectivity index is 1.35. The van der Waals surface area contributed by atoms with Crippen molar-refractivity contribution in [2.75, 3.05) is 13.2 Å². The minimum absolute atomic E-state index is 0.0967. The van der Waals surface area contributed by atoms with Crippen molar-refractivity contribution in [1.29, 1.82) is 0 Å². The second-order valence-electron chi connectivity index (χ2n) is 10.4. The number of benzene rings is 3. The van der Waals surface area contributed by atoms with Gasteiger partial charge in [0, 0.05) is 24.2 Å². The zero-order chi connectivity index (χ0) is 28.7. The van der Waals surface area contributed by atoms with Crippen molar-refractivity contribution in [3.63, 3.8) is 0 Å². The van der Waals surface area contributed by atoms with Crippen LogP contribution < -0.4 is 4.74 Å². The van der Waals surface area contributed by atoms with Crippen molar-refractivity contribution in [3.8, 4) is 28.0 Å². The second-order valence-corrected chi connectivity index (χ2v) is 10.4. The van der Waals surface area contributed by atoms with Crippen molar-refractivity contribution >= 4 is 0 Å². The number of rotatable bonds is 11. The van der Waals surface area contributed by atoms with E-state index in [1.807, 2.05) is 19.9 Å². The number of ether oxygens (including phenoxy) is 2. The molecule has 1 heterocycles. The molecule has 2 atom stereocenters. The van der Waals surface area contributed by atoms with Gasteiger partial charge >= 0.3 is 0 Å². The maximum Gasteiger partial charge on any atom is 0.281 e. The highest BCUT2D eigenvalue weighted by molar-refractivity contribution is 5.72. The van der Waals surface area contributed by atoms with E-state index in [4.69, 9.17) is 9.47 Å². The van der Waals surface area contributed by atoms with Crippen molar-refractivity contribution in [2.45, 2.75) is 64.4 Å². The van der Waals surface area contributed by atoms with Crippen molar-refractivity contribution in [1.82, 2.24) is 0 Å². The molecule has 0 aliphatic carbocycles. The van der Waals surface area contributed by atoms with E-state index in [0.717, 1.165) is 30.9 Å². The van der Waals surface area contributed by atoms with Crippen LogP contribution in [0.1, 0.15) is 51.5 Å². The molecule has 0 N–H and O–H groups in total. The zero-order valence-corrected chi connectivity index (χ0v) is 22.9. The SMILES string of the molecule is C/C=C/CCC1CCC(CC(F)(F)COc2ccc(-c3ccc(-c4ccc(CC)cc4F)cc3F)cc2F)CO1. The van der Waals surface area contributed by atoms with Crippen LogP contribution in [0.2, 0.25) is 0 Å². The van der Waals surface area contributed by atoms with E-state index in [1.165, 1.54) is 30.3 Å². The van der Waals surface area contributed by atoms with Crippen LogP contribution in [0.15, 0.2) is 66.7 Å². The molecule has 0 amide bonds. The standard InChI is InChI=1S/C33H35F5O2/c1-3-5-6-7-26-12-8-23(20-39-26)19-33(37,38)21-40-32-15-11-25(18-31(32)36)28-14-10-24(17-30(28)35)27-13-9-22(4-2)16-29(27)34/h3,5,9-11,13-18,23,26H,4,6-8,12,19-21H2,1-2H3/b5-3+. The van der Waals surface area contributed by atoms with Gasteiger partial charge in [0.1, 0.15) is 11.6 Å². The maximum atomic E-state index is 15.0. The monoisotopic (exact) mass is 558 g/mol. The summed E-state index contributed by atoms with van der Waals surface area (Å²) in [6, 6.07) is 12.7. The molecular formula is C33H35F5O2. The average Bonchev–Trinajstić information content (AvgIpc) is 2.93. The Kier molecular flexibility index (Phi) is 10.0. The molecule has 3 aromatic rings. The fraction of sp³-hybridized carbons (Fsp3) is 0.394. The van der Waals surface area contributed by atoms with E-state index in [9.17, 15) is 22.0 Å². The van der Waals surface area contributed by atoms with Crippen LogP contribution in [-0.4, -0.2) is 25.2 Å². The highest BCUT2D eigenvalue weighted by Crippen LogP contribution is 2.34. The van der Waals surface area contributed by atoms with Gasteiger partial charge in [-0.1, -0.05) is 49.4 Å². The highest BCUT2D eigenvalue weighted by Gasteiger charge is 2.36. The molecular weight excluding hydrogens is 523 g/mol. The summed E-state index contributed by atoms with van der Waals surface area (Å²) in [4.78, 5) is 0. The molecule has 0 spiro atoms. The number of allylic oxidation sites excluding steroid dienone is 2. The summed E-state index contributed by atoms with van der Waals surface area (Å²) in [6.07, 6.45) is 7.61. The van der Waals surface area contributed by atoms with Gasteiger partial charge in [0.15, 0.2) is 18.2 Å². The smallest absolute Gasteiger partial charge is 0.281 e. The van der Waals surface area contributed by atoms with Gasteiger partial charge in [0.2, 0.25) is 0 Å². The third-order valence-electron chi connectivity index (χ3n) is 7.35. The lowest BCUT2D eigenvalue weighted by molar-refractivity contribution is -0.0904. The van der Waals surface area contributed by atoms with Crippen LogP contribution in [0.4, 0.5) is 22.0 Å². The summed E-state index contributed by atoms with van der Waals surface area (Å²) in [5.41, 5.74) is 1.78. The normalized spacial score (nSPS) is 17.9. The number of hydrogen-bond acceptors (Lipinski definition) is 2. The molecule has 1 aliphatic heterocycles. The predicted octanol–water partition coefficient (Wildman–Crippen LogP) is 9.56. The summed E-state index contributed by atoms with van der Waals surface area (Å²) in [6.45, 7) is 3.19. The second kappa shape index (κ2) is 13.4. The molecule has 214 valence electrons. The summed E-state index contributed by atoms with van der Waals surface area (Å²) < 4.78 is 84.4. The molecule has 3 aromatic carbocycles. The highest BCUT2D eigenvalue weighted by atomic mass is 19.3. The van der Waals surface area contributed by atoms with Gasteiger partial charge in [-0.15, -0.1) is 0 Å². The van der Waals surface area contributed by atoms with E-state index < -0.39 is 36.4 Å². The number of alkyl halides is 2. The molecule has 1 fully saturated rings. The molecule has 2 unspecified atom stereocenters. The van der Waals surface area contributed by atoms with Gasteiger partial charge in [0.05, 0.1) is 6.10 Å². The molecule has 1 aliphatic rings. The summed E-state index contributed by atoms with van der Waals surface area (Å²) >= 11 is 0. The lowest BCUT2D eigenvalue weighted by atomic mass is 9.91. The first-order chi connectivity index (χ1) is 19.2. The Hall–Kier alpha value is -3.19. The third kappa shape index (κ3) is 7.72. The van der Waals surface area contributed by atoms with Crippen molar-refractivity contribution < 1.29 is 31.4 Å². The fourth-order valence-corrected chi connectivity index (χ4v) is 5.08. The van der Waals surface area contributed by atoms with Gasteiger partial charge in [-0.05, 0) is 85.9 Å². The van der Waals surface area contributed by atoms with E-state index in [-0.39, 0.29) is 41.1 Å². The van der Waals surface area contributed by atoms with Crippen LogP contribution in [0.3, 0.4) is 0 Å². The van der Waals surface area contributed by atoms with Crippen LogP contribution >= 0.6 is 0 Å². The van der Waals surface area contributed by atoms with Gasteiger partial charge in [-0.2, -0.15) is 0 Å². The largest absolute Gasteiger partial charge is 0.484 e. The Morgan fingerprint density at radius 2 is 1.57 bits per heavy atom. The first-order valence-electron chi connectivity index (χ1n) is 13.8. The van der Waals surface area contributed by atoms with Crippen LogP contribution in [0.5, 0.6) is 5.75 Å². The molecule has 0 bridgehead atoms. The van der Waals surface area contributed by atoms with Gasteiger partial charge < -0.3 is 9.47 Å². The molecule has 4 rings (SSSR count). The lowest BCUT2D eigenvalue weighted by Crippen LogP contribution is -2.34. The molecule has 2 nitrogen and oxygen atoms in total. The summed E-state index contributed by atoms with van der Waals surface area (Å²) in [5, 5.41) is 0. The van der Waals surface area contributed by atoms with Gasteiger partial charge in [0.25, 0.3) is 5.92 Å². The molecule has 1 saturated heterocycles. The predicted molar refractivity (Wildman–Crippen MR) is 148 cm³/mol. The van der Waals surface area contributed by atoms with E-state index in [2.05, 4.69) is 6.08 Å². The van der Waals surface area contributed by atoms with Gasteiger partial charge in [-0.3, -0.25) is 0 Å². The van der Waals surface area contributed by atoms with Crippen molar-refractivity contribution in [2.24, 2.45) is 5.92 Å². The Labute approximate surface area is 232 Å². The zero-order valence-electron chi connectivity index (χ0n) is 22.9. The maximum absolute atomic E-state index is 15.0. The Morgan fingerprint density at radius 3 is 2.17 bits per heavy atom. The number of halogens is 5. The Bertz CT molecular complexity index is 1310. The molecule has 0 saturated carbocycles. The molecule has 7 heteroatoms. The fourth-order valence-electron chi connectivity index (χ4n) is 5.08. The lowest BCUT2D eigenvalue weighted by Gasteiger charge is -2.31. The summed E-state index contributed by atoms with van der Waals surface area (Å²) in [7, 11) is 0. The average molecular weight is 559 g/mol. The minimum atomic E-state index is -3.15. The molecule has 0 radical (unpaired) electrons. The van der Waals surface area contributed by atoms with Gasteiger partial charge in [-0.25, -0.2) is 22.0 Å². The van der Waals surface area contributed by atoms with E-state index in [1.54, 1.807) is 18.2 Å². The first kappa shape index (κ1) is 29.8. The number of hydrogen-bond donors (Lipinski definition) is 0. The quantitative estimate of drug-likeness (QED) is 0.172. The minimum Gasteiger partial charge on any atom is -0.484 e. The van der Waals surface area contributed by atoms with Crippen LogP contribution in [0, 0.1) is 23.4 Å². The third-order valence-corrected chi connectivity index (χ3v) is 7.35. The topological polar surface area (TPSA) is 18.5 Å². The first-order valence-corrected chi connectivity index (χ1v) is 13.8. The van der Waals surface area contributed by atoms with E-state index in [0.29, 0.717) is 18.4 Å². The van der Waals surface area contributed by atoms with Crippen LogP contribution in [-0.2, 0) is 11.2 Å².